The highest BCUT2D eigenvalue weighted by Gasteiger charge is 2.18. The van der Waals surface area contributed by atoms with Crippen molar-refractivity contribution >= 4 is 11.8 Å². The van der Waals surface area contributed by atoms with Crippen molar-refractivity contribution in [3.05, 3.63) is 47.5 Å². The van der Waals surface area contributed by atoms with Crippen LogP contribution in [-0.4, -0.2) is 31.1 Å². The number of ketones is 1. The van der Waals surface area contributed by atoms with Crippen LogP contribution in [0.1, 0.15) is 41.3 Å². The monoisotopic (exact) mass is 302 g/mol. The van der Waals surface area contributed by atoms with Gasteiger partial charge in [0.25, 0.3) is 0 Å². The molecule has 1 atom stereocenters. The average Bonchev–Trinajstić information content (AvgIpc) is 2.56. The maximum atomic E-state index is 12.1. The Labute approximate surface area is 131 Å². The fraction of sp³-hybridized carbons (Fsp3) is 0.444. The molecule has 0 saturated heterocycles. The van der Waals surface area contributed by atoms with E-state index in [2.05, 4.69) is 6.58 Å². The first-order chi connectivity index (χ1) is 10.6. The summed E-state index contributed by atoms with van der Waals surface area (Å²) in [5.41, 5.74) is 3.17. The number of carbonyl (C=O) groups excluding carboxylic acids is 2. The van der Waals surface area contributed by atoms with Gasteiger partial charge in [0.05, 0.1) is 6.61 Å². The minimum atomic E-state index is -0.700. The highest BCUT2D eigenvalue weighted by atomic mass is 16.6. The van der Waals surface area contributed by atoms with E-state index in [1.54, 1.807) is 13.0 Å². The second kappa shape index (κ2) is 7.90. The lowest BCUT2D eigenvalue weighted by molar-refractivity contribution is -0.154. The highest BCUT2D eigenvalue weighted by Crippen LogP contribution is 2.22. The quantitative estimate of drug-likeness (QED) is 0.441. The molecule has 0 fully saturated rings. The lowest BCUT2D eigenvalue weighted by atomic mass is 9.90. The summed E-state index contributed by atoms with van der Waals surface area (Å²) in [6.45, 7) is 5.12. The lowest BCUT2D eigenvalue weighted by Crippen LogP contribution is -2.26. The van der Waals surface area contributed by atoms with Gasteiger partial charge in [-0.15, -0.1) is 6.58 Å². The van der Waals surface area contributed by atoms with Crippen LogP contribution < -0.4 is 0 Å². The van der Waals surface area contributed by atoms with Crippen molar-refractivity contribution in [2.75, 3.05) is 13.2 Å². The van der Waals surface area contributed by atoms with Crippen LogP contribution in [0.2, 0.25) is 0 Å². The van der Waals surface area contributed by atoms with Gasteiger partial charge in [-0.25, -0.2) is 4.79 Å². The molecule has 0 aromatic heterocycles. The third-order valence-corrected chi connectivity index (χ3v) is 3.81. The van der Waals surface area contributed by atoms with Crippen molar-refractivity contribution in [3.63, 3.8) is 0 Å². The summed E-state index contributed by atoms with van der Waals surface area (Å²) in [6, 6.07) is 5.76. The van der Waals surface area contributed by atoms with Crippen LogP contribution in [0.5, 0.6) is 0 Å². The number of rotatable bonds is 7. The molecule has 2 rings (SSSR count). The van der Waals surface area contributed by atoms with Gasteiger partial charge < -0.3 is 9.47 Å². The molecule has 0 saturated carbocycles. The van der Waals surface area contributed by atoms with Crippen LogP contribution in [0, 0.1) is 0 Å². The Kier molecular flexibility index (Phi) is 5.90. The molecule has 0 spiro atoms. The Hall–Kier alpha value is -1.94. The van der Waals surface area contributed by atoms with E-state index < -0.39 is 12.1 Å². The fourth-order valence-corrected chi connectivity index (χ4v) is 2.52. The van der Waals surface area contributed by atoms with E-state index in [4.69, 9.17) is 9.47 Å². The molecule has 0 aliphatic heterocycles. The van der Waals surface area contributed by atoms with Crippen LogP contribution in [0.15, 0.2) is 30.9 Å². The number of carbonyl (C=O) groups is 2. The second-order valence-electron chi connectivity index (χ2n) is 5.49. The van der Waals surface area contributed by atoms with E-state index in [-0.39, 0.29) is 19.0 Å². The van der Waals surface area contributed by atoms with E-state index in [0.29, 0.717) is 5.56 Å². The number of fused-ring (bicyclic) bond motifs is 1. The Balaban J connectivity index is 1.89. The van der Waals surface area contributed by atoms with E-state index in [0.717, 1.165) is 19.3 Å². The third-order valence-electron chi connectivity index (χ3n) is 3.81. The largest absolute Gasteiger partial charge is 0.455 e. The molecule has 1 unspecified atom stereocenters. The number of ether oxygens (including phenoxy) is 2. The zero-order valence-electron chi connectivity index (χ0n) is 13.0. The Morgan fingerprint density at radius 3 is 2.73 bits per heavy atom. The Morgan fingerprint density at radius 1 is 1.27 bits per heavy atom. The lowest BCUT2D eigenvalue weighted by Gasteiger charge is -2.16. The molecule has 22 heavy (non-hydrogen) atoms. The Morgan fingerprint density at radius 2 is 2.00 bits per heavy atom. The first-order valence-electron chi connectivity index (χ1n) is 7.66. The summed E-state index contributed by atoms with van der Waals surface area (Å²) < 4.78 is 10.2. The third kappa shape index (κ3) is 4.28. The van der Waals surface area contributed by atoms with Gasteiger partial charge >= 0.3 is 5.97 Å². The molecule has 0 N–H and O–H groups in total. The van der Waals surface area contributed by atoms with Gasteiger partial charge in [-0.2, -0.15) is 0 Å². The first kappa shape index (κ1) is 16.4. The van der Waals surface area contributed by atoms with Gasteiger partial charge in [-0.05, 0) is 49.8 Å². The molecule has 4 nitrogen and oxygen atoms in total. The van der Waals surface area contributed by atoms with E-state index in [9.17, 15) is 9.59 Å². The van der Waals surface area contributed by atoms with E-state index in [1.807, 2.05) is 18.2 Å². The van der Waals surface area contributed by atoms with Crippen molar-refractivity contribution in [2.24, 2.45) is 0 Å². The minimum Gasteiger partial charge on any atom is -0.455 e. The molecule has 0 amide bonds. The van der Waals surface area contributed by atoms with Crippen molar-refractivity contribution in [3.8, 4) is 0 Å². The summed E-state index contributed by atoms with van der Waals surface area (Å²) in [4.78, 5) is 23.8. The maximum Gasteiger partial charge on any atom is 0.335 e. The maximum absolute atomic E-state index is 12.1. The van der Waals surface area contributed by atoms with Crippen LogP contribution >= 0.6 is 0 Å². The summed E-state index contributed by atoms with van der Waals surface area (Å²) >= 11 is 0. The zero-order valence-corrected chi connectivity index (χ0v) is 13.0. The fourth-order valence-electron chi connectivity index (χ4n) is 2.52. The zero-order chi connectivity index (χ0) is 15.9. The summed E-state index contributed by atoms with van der Waals surface area (Å²) in [6.07, 6.45) is 5.33. The average molecular weight is 302 g/mol. The van der Waals surface area contributed by atoms with Crippen molar-refractivity contribution in [1.82, 2.24) is 0 Å². The van der Waals surface area contributed by atoms with Crippen molar-refractivity contribution < 1.29 is 19.1 Å². The number of esters is 1. The standard InChI is InChI=1S/C18H22O4/c1-3-10-21-13(2)18(20)22-12-17(19)16-9-8-14-6-4-5-7-15(14)11-16/h3,8-9,11,13H,1,4-7,10,12H2,2H3. The van der Waals surface area contributed by atoms with Gasteiger partial charge in [0, 0.05) is 5.56 Å². The number of benzene rings is 1. The molecule has 1 aromatic rings. The normalized spacial score (nSPS) is 14.8. The molecular formula is C18H22O4. The molecule has 0 bridgehead atoms. The molecule has 1 aliphatic rings. The van der Waals surface area contributed by atoms with Gasteiger partial charge in [-0.1, -0.05) is 18.2 Å². The summed E-state index contributed by atoms with van der Waals surface area (Å²) in [5.74, 6) is -0.717. The van der Waals surface area contributed by atoms with Gasteiger partial charge in [-0.3, -0.25) is 4.79 Å². The number of aryl methyl sites for hydroxylation is 2. The van der Waals surface area contributed by atoms with Crippen molar-refractivity contribution in [1.29, 1.82) is 0 Å². The second-order valence-corrected chi connectivity index (χ2v) is 5.49. The van der Waals surface area contributed by atoms with Crippen LogP contribution in [-0.2, 0) is 27.1 Å². The van der Waals surface area contributed by atoms with E-state index in [1.165, 1.54) is 17.5 Å². The highest BCUT2D eigenvalue weighted by molar-refractivity contribution is 5.98. The number of Topliss-reactive ketones (excluding diaryl/α,β-unsaturated/α-hetero) is 1. The van der Waals surface area contributed by atoms with Gasteiger partial charge in [0.15, 0.2) is 18.5 Å². The number of hydrogen-bond donors (Lipinski definition) is 0. The smallest absolute Gasteiger partial charge is 0.335 e. The van der Waals surface area contributed by atoms with Crippen LogP contribution in [0.25, 0.3) is 0 Å². The number of hydrogen-bond acceptors (Lipinski definition) is 4. The summed E-state index contributed by atoms with van der Waals surface area (Å²) in [5, 5.41) is 0. The van der Waals surface area contributed by atoms with Gasteiger partial charge in [0.2, 0.25) is 0 Å². The molecule has 1 aromatic carbocycles. The van der Waals surface area contributed by atoms with Gasteiger partial charge in [0.1, 0.15) is 0 Å². The van der Waals surface area contributed by atoms with Crippen LogP contribution in [0.4, 0.5) is 0 Å². The van der Waals surface area contributed by atoms with Crippen molar-refractivity contribution in [2.45, 2.75) is 38.7 Å². The molecule has 118 valence electrons. The first-order valence-corrected chi connectivity index (χ1v) is 7.66. The molecule has 0 heterocycles. The van der Waals surface area contributed by atoms with E-state index >= 15 is 0 Å². The molecule has 0 radical (unpaired) electrons. The predicted octanol–water partition coefficient (Wildman–Crippen LogP) is 2.88. The minimum absolute atomic E-state index is 0.183. The Bertz CT molecular complexity index is 562. The topological polar surface area (TPSA) is 52.6 Å². The molecule has 4 heteroatoms. The SMILES string of the molecule is C=CCOC(C)C(=O)OCC(=O)c1ccc2c(c1)CCCC2. The summed E-state index contributed by atoms with van der Waals surface area (Å²) in [7, 11) is 0. The molecular weight excluding hydrogens is 280 g/mol. The molecule has 1 aliphatic carbocycles. The van der Waals surface area contributed by atoms with Crippen LogP contribution in [0.3, 0.4) is 0 Å². The predicted molar refractivity (Wildman–Crippen MR) is 84.0 cm³/mol.